The number of fused-ring (bicyclic) bond motifs is 1. The van der Waals surface area contributed by atoms with E-state index in [-0.39, 0.29) is 17.1 Å². The molecule has 0 radical (unpaired) electrons. The van der Waals surface area contributed by atoms with E-state index in [2.05, 4.69) is 25.1 Å². The van der Waals surface area contributed by atoms with Crippen LogP contribution in [-0.4, -0.2) is 28.1 Å². The Hall–Kier alpha value is -3.08. The molecule has 2 aliphatic rings. The number of nitrogens with two attached hydrogens (primary N) is 1. The molecule has 0 bridgehead atoms. The predicted molar refractivity (Wildman–Crippen MR) is 108 cm³/mol. The van der Waals surface area contributed by atoms with E-state index in [0.29, 0.717) is 23.5 Å². The van der Waals surface area contributed by atoms with E-state index in [0.717, 1.165) is 28.9 Å². The zero-order valence-corrected chi connectivity index (χ0v) is 16.1. The highest BCUT2D eigenvalue weighted by molar-refractivity contribution is 6.09. The molecule has 1 aliphatic carbocycles. The highest BCUT2D eigenvalue weighted by Crippen LogP contribution is 2.49. The molecule has 3 N–H and O–H groups in total. The number of aromatic amines is 1. The van der Waals surface area contributed by atoms with Gasteiger partial charge < -0.3 is 15.6 Å². The van der Waals surface area contributed by atoms with Crippen molar-refractivity contribution in [3.8, 4) is 0 Å². The van der Waals surface area contributed by atoms with Gasteiger partial charge in [-0.15, -0.1) is 0 Å². The number of H-pyrrole nitrogens is 1. The van der Waals surface area contributed by atoms with Gasteiger partial charge in [-0.3, -0.25) is 9.59 Å². The summed E-state index contributed by atoms with van der Waals surface area (Å²) in [5.41, 5.74) is 10.6. The molecule has 0 aromatic carbocycles. The first kappa shape index (κ1) is 18.7. The zero-order chi connectivity index (χ0) is 19.9. The van der Waals surface area contributed by atoms with Gasteiger partial charge in [0.1, 0.15) is 5.69 Å². The van der Waals surface area contributed by atoms with Crippen LogP contribution in [0.3, 0.4) is 0 Å². The third kappa shape index (κ3) is 2.89. The van der Waals surface area contributed by atoms with E-state index in [9.17, 15) is 9.59 Å². The Bertz CT molecular complexity index is 958. The van der Waals surface area contributed by atoms with Crippen LogP contribution in [0.4, 0.5) is 0 Å². The third-order valence-corrected chi connectivity index (χ3v) is 5.75. The maximum Gasteiger partial charge on any atom is 0.274 e. The van der Waals surface area contributed by atoms with Crippen molar-refractivity contribution < 1.29 is 9.59 Å². The molecule has 3 rings (SSSR count). The number of likely N-dealkylation sites (tertiary alicyclic amines) is 1. The maximum atomic E-state index is 13.2. The van der Waals surface area contributed by atoms with E-state index < -0.39 is 0 Å². The number of carbonyl (C=O) groups is 2. The second-order valence-corrected chi connectivity index (χ2v) is 7.29. The minimum atomic E-state index is -0.329. The molecule has 1 atom stereocenters. The summed E-state index contributed by atoms with van der Waals surface area (Å²) in [7, 11) is 0. The summed E-state index contributed by atoms with van der Waals surface area (Å²) < 4.78 is 0. The number of carbonyl (C=O) groups excluding carboxylic acids is 2. The van der Waals surface area contributed by atoms with Crippen molar-refractivity contribution in [2.24, 2.45) is 11.1 Å². The van der Waals surface area contributed by atoms with Crippen molar-refractivity contribution in [1.82, 2.24) is 9.88 Å². The number of ketones is 1. The average Bonchev–Trinajstić information content (AvgIpc) is 3.16. The van der Waals surface area contributed by atoms with E-state index in [1.165, 1.54) is 0 Å². The van der Waals surface area contributed by atoms with Crippen molar-refractivity contribution in [1.29, 1.82) is 0 Å². The van der Waals surface area contributed by atoms with Gasteiger partial charge in [-0.1, -0.05) is 31.7 Å². The molecular formula is C22H25N3O2. The summed E-state index contributed by atoms with van der Waals surface area (Å²) in [6.45, 7) is 13.9. The minimum absolute atomic E-state index is 0.0975. The zero-order valence-electron chi connectivity index (χ0n) is 16.1. The van der Waals surface area contributed by atoms with Gasteiger partial charge in [0.25, 0.3) is 5.91 Å². The van der Waals surface area contributed by atoms with E-state index in [1.807, 2.05) is 13.8 Å². The quantitative estimate of drug-likeness (QED) is 0.802. The van der Waals surface area contributed by atoms with Gasteiger partial charge in [-0.05, 0) is 44.1 Å². The molecule has 1 saturated heterocycles. The standard InChI is InChI=1S/C22H25N3O2/c1-6-16(23)10-15-11-18(24-14(15)4)21(27)25-9-8-22(5)13(3)17(7-2)19(26)12-20(22)25/h6-7,10-12,24H,1-2,8-9,23H2,3-5H3/b16-10+. The van der Waals surface area contributed by atoms with Crippen LogP contribution in [0.1, 0.15) is 42.0 Å². The molecule has 1 aliphatic heterocycles. The van der Waals surface area contributed by atoms with E-state index >= 15 is 0 Å². The number of nitrogens with zero attached hydrogens (tertiary/aromatic N) is 1. The van der Waals surface area contributed by atoms with Crippen LogP contribution in [0.5, 0.6) is 0 Å². The Balaban J connectivity index is 1.97. The second-order valence-electron chi connectivity index (χ2n) is 7.29. The normalized spacial score (nSPS) is 22.6. The fraction of sp³-hybridized carbons (Fsp3) is 0.273. The summed E-state index contributed by atoms with van der Waals surface area (Å²) in [4.78, 5) is 30.5. The molecule has 5 heteroatoms. The molecular weight excluding hydrogens is 338 g/mol. The van der Waals surface area contributed by atoms with Gasteiger partial charge in [0, 0.05) is 40.7 Å². The summed E-state index contributed by atoms with van der Waals surface area (Å²) in [6, 6.07) is 1.78. The summed E-state index contributed by atoms with van der Waals surface area (Å²) >= 11 is 0. The van der Waals surface area contributed by atoms with E-state index in [4.69, 9.17) is 5.73 Å². The van der Waals surface area contributed by atoms with Crippen LogP contribution in [0.15, 0.2) is 60.0 Å². The number of aromatic nitrogens is 1. The molecule has 1 fully saturated rings. The summed E-state index contributed by atoms with van der Waals surface area (Å²) in [6.07, 6.45) is 7.30. The van der Waals surface area contributed by atoms with Crippen LogP contribution in [0.2, 0.25) is 0 Å². The lowest BCUT2D eigenvalue weighted by molar-refractivity contribution is -0.111. The van der Waals surface area contributed by atoms with Crippen LogP contribution in [-0.2, 0) is 4.79 Å². The van der Waals surface area contributed by atoms with Gasteiger partial charge in [-0.25, -0.2) is 0 Å². The van der Waals surface area contributed by atoms with Gasteiger partial charge in [0.05, 0.1) is 0 Å². The second kappa shape index (κ2) is 6.58. The number of hydrogen-bond acceptors (Lipinski definition) is 3. The number of hydrogen-bond donors (Lipinski definition) is 2. The molecule has 1 aromatic heterocycles. The van der Waals surface area contributed by atoms with Crippen molar-refractivity contribution >= 4 is 17.8 Å². The first-order chi connectivity index (χ1) is 12.7. The number of nitrogens with one attached hydrogen (secondary N) is 1. The molecule has 0 spiro atoms. The highest BCUT2D eigenvalue weighted by Gasteiger charge is 2.46. The topological polar surface area (TPSA) is 79.2 Å². The van der Waals surface area contributed by atoms with Gasteiger partial charge in [0.15, 0.2) is 5.78 Å². The Kier molecular flexibility index (Phi) is 4.56. The first-order valence-corrected chi connectivity index (χ1v) is 8.94. The summed E-state index contributed by atoms with van der Waals surface area (Å²) in [5.74, 6) is -0.243. The Morgan fingerprint density at radius 2 is 2.07 bits per heavy atom. The lowest BCUT2D eigenvalue weighted by Crippen LogP contribution is -2.33. The molecule has 5 nitrogen and oxygen atoms in total. The molecule has 27 heavy (non-hydrogen) atoms. The van der Waals surface area contributed by atoms with Gasteiger partial charge in [-0.2, -0.15) is 0 Å². The lowest BCUT2D eigenvalue weighted by Gasteiger charge is -2.33. The average molecular weight is 363 g/mol. The highest BCUT2D eigenvalue weighted by atomic mass is 16.2. The molecule has 0 saturated carbocycles. The molecule has 140 valence electrons. The SMILES string of the molecule is C=CC1=C(C)C2(C)CCN(C(=O)c3cc(/C=C(/N)C=C)c(C)[nH]3)C2=CC1=O. The third-order valence-electron chi connectivity index (χ3n) is 5.75. The smallest absolute Gasteiger partial charge is 0.274 e. The van der Waals surface area contributed by atoms with Crippen molar-refractivity contribution in [3.63, 3.8) is 0 Å². The molecule has 2 heterocycles. The molecule has 1 amide bonds. The van der Waals surface area contributed by atoms with Gasteiger partial charge in [0.2, 0.25) is 0 Å². The number of aryl methyl sites for hydroxylation is 1. The maximum absolute atomic E-state index is 13.2. The Morgan fingerprint density at radius 3 is 2.70 bits per heavy atom. The molecule has 1 unspecified atom stereocenters. The fourth-order valence-corrected chi connectivity index (χ4v) is 3.87. The molecule has 1 aromatic rings. The van der Waals surface area contributed by atoms with Crippen LogP contribution in [0, 0.1) is 12.3 Å². The number of allylic oxidation sites excluding steroid dienone is 5. The van der Waals surface area contributed by atoms with Crippen molar-refractivity contribution in [2.75, 3.05) is 6.54 Å². The Morgan fingerprint density at radius 1 is 1.37 bits per heavy atom. The van der Waals surface area contributed by atoms with Crippen molar-refractivity contribution in [3.05, 3.63) is 76.9 Å². The van der Waals surface area contributed by atoms with Crippen LogP contribution in [0.25, 0.3) is 6.08 Å². The van der Waals surface area contributed by atoms with Crippen LogP contribution < -0.4 is 5.73 Å². The largest absolute Gasteiger partial charge is 0.399 e. The Labute approximate surface area is 159 Å². The predicted octanol–water partition coefficient (Wildman–Crippen LogP) is 3.63. The monoisotopic (exact) mass is 363 g/mol. The minimum Gasteiger partial charge on any atom is -0.399 e. The van der Waals surface area contributed by atoms with Crippen molar-refractivity contribution in [2.45, 2.75) is 27.2 Å². The number of rotatable bonds is 4. The van der Waals surface area contributed by atoms with E-state index in [1.54, 1.807) is 35.3 Å². The first-order valence-electron chi connectivity index (χ1n) is 8.94. The fourth-order valence-electron chi connectivity index (χ4n) is 3.87. The van der Waals surface area contributed by atoms with Gasteiger partial charge >= 0.3 is 0 Å². The number of amides is 1. The van der Waals surface area contributed by atoms with Crippen LogP contribution >= 0.6 is 0 Å². The lowest BCUT2D eigenvalue weighted by atomic mass is 9.73. The summed E-state index contributed by atoms with van der Waals surface area (Å²) in [5, 5.41) is 0.